The Kier molecular flexibility index (Phi) is 9.96. The number of phenolic OH excluding ortho intramolecular Hbond substituents is 1. The van der Waals surface area contributed by atoms with Gasteiger partial charge in [0, 0.05) is 35.5 Å². The number of phenols is 1. The van der Waals surface area contributed by atoms with E-state index in [1.165, 1.54) is 50.6 Å². The van der Waals surface area contributed by atoms with Crippen LogP contribution in [0.3, 0.4) is 0 Å². The average molecular weight is 692 g/mol. The fraction of sp³-hybridized carbons (Fsp3) is 0.553. The van der Waals surface area contributed by atoms with Gasteiger partial charge in [-0.3, -0.25) is 0 Å². The number of methoxy groups -OCH3 is 1. The number of aromatic hydroxyl groups is 1. The molecule has 3 unspecified atom stereocenters. The maximum absolute atomic E-state index is 16.8. The minimum atomic E-state index is -0.838. The Morgan fingerprint density at radius 3 is 2.58 bits per heavy atom. The molecule has 2 aliphatic heterocycles. The van der Waals surface area contributed by atoms with E-state index in [2.05, 4.69) is 28.8 Å². The summed E-state index contributed by atoms with van der Waals surface area (Å²) in [5.74, 6) is -0.222. The van der Waals surface area contributed by atoms with Crippen molar-refractivity contribution >= 4 is 27.5 Å². The SMILES string of the molecule is CC1CCC1.COc1nc(-c2cc(O)cc3cccc(F)c23)c(F)c2nc(OCC34CCCC3N(C)CCC4)nc(N3CCOCC(O)C3)c12. The van der Waals surface area contributed by atoms with Crippen molar-refractivity contribution < 1.29 is 33.2 Å². The van der Waals surface area contributed by atoms with Crippen LogP contribution in [0.1, 0.15) is 58.3 Å². The Morgan fingerprint density at radius 2 is 1.82 bits per heavy atom. The molecule has 4 aliphatic rings. The topological polar surface area (TPSA) is 113 Å². The summed E-state index contributed by atoms with van der Waals surface area (Å²) in [6.45, 7) is 4.77. The number of piperidine rings is 1. The number of benzene rings is 2. The van der Waals surface area contributed by atoms with Crippen LogP contribution in [-0.2, 0) is 4.74 Å². The van der Waals surface area contributed by atoms with E-state index < -0.39 is 17.7 Å². The van der Waals surface area contributed by atoms with E-state index in [1.807, 2.05) is 0 Å². The first kappa shape index (κ1) is 34.6. The lowest BCUT2D eigenvalue weighted by molar-refractivity contribution is 0.0133. The minimum absolute atomic E-state index is 0.00421. The highest BCUT2D eigenvalue weighted by Gasteiger charge is 2.47. The van der Waals surface area contributed by atoms with Gasteiger partial charge in [-0.15, -0.1) is 0 Å². The number of aliphatic hydroxyl groups excluding tert-OH is 1. The van der Waals surface area contributed by atoms with Crippen molar-refractivity contribution in [1.29, 1.82) is 0 Å². The zero-order valence-corrected chi connectivity index (χ0v) is 29.1. The third kappa shape index (κ3) is 6.65. The van der Waals surface area contributed by atoms with Gasteiger partial charge in [0.05, 0.1) is 33.0 Å². The van der Waals surface area contributed by atoms with Crippen LogP contribution in [0.4, 0.5) is 14.6 Å². The van der Waals surface area contributed by atoms with Crippen LogP contribution in [0.2, 0.25) is 0 Å². The molecule has 4 aromatic rings. The van der Waals surface area contributed by atoms with Gasteiger partial charge in [-0.25, -0.2) is 13.8 Å². The number of hydrogen-bond acceptors (Lipinski definition) is 10. The molecule has 4 fully saturated rings. The molecule has 268 valence electrons. The van der Waals surface area contributed by atoms with Crippen molar-refractivity contribution in [3.63, 3.8) is 0 Å². The Hall–Kier alpha value is -3.87. The molecule has 0 bridgehead atoms. The molecule has 4 heterocycles. The monoisotopic (exact) mass is 691 g/mol. The number of hydrogen-bond donors (Lipinski definition) is 2. The molecule has 8 rings (SSSR count). The number of halogens is 2. The number of β-amino-alcohol motifs (C(OH)–C–C–N with tert-alkyl or cyclic N) is 1. The molecule has 0 spiro atoms. The van der Waals surface area contributed by atoms with Gasteiger partial charge in [0.2, 0.25) is 5.88 Å². The molecule has 50 heavy (non-hydrogen) atoms. The third-order valence-electron chi connectivity index (χ3n) is 11.1. The lowest BCUT2D eigenvalue weighted by Crippen LogP contribution is -2.50. The van der Waals surface area contributed by atoms with Crippen LogP contribution < -0.4 is 14.4 Å². The molecule has 2 saturated heterocycles. The normalized spacial score (nSPS) is 24.3. The van der Waals surface area contributed by atoms with Gasteiger partial charge in [0.25, 0.3) is 0 Å². The van der Waals surface area contributed by atoms with Crippen molar-refractivity contribution in [2.75, 3.05) is 58.5 Å². The van der Waals surface area contributed by atoms with Crippen LogP contribution >= 0.6 is 0 Å². The number of aliphatic hydroxyl groups is 1. The molecule has 2 saturated carbocycles. The van der Waals surface area contributed by atoms with E-state index >= 15 is 8.78 Å². The quantitative estimate of drug-likeness (QED) is 0.233. The largest absolute Gasteiger partial charge is 0.508 e. The standard InChI is InChI=1S/C33H37F2N5O5.C5H10/c1-39-11-5-10-33(9-4-8-24(33)39)18-45-32-37-29-26(30(38-32)40-12-13-44-17-21(42)16-40)31(43-2)36-28(27(29)35)22-15-20(41)14-19-6-3-7-23(34)25(19)22;1-5-3-2-4-5/h3,6-7,14-15,21,24,41-42H,4-5,8-13,16-18H2,1-2H3;5H,2-4H2,1H3. The second-order valence-electron chi connectivity index (χ2n) is 14.5. The van der Waals surface area contributed by atoms with E-state index in [1.54, 1.807) is 11.0 Å². The van der Waals surface area contributed by atoms with E-state index in [9.17, 15) is 10.2 Å². The minimum Gasteiger partial charge on any atom is -0.508 e. The van der Waals surface area contributed by atoms with Crippen LogP contribution in [-0.4, -0.2) is 95.8 Å². The molecular weight excluding hydrogens is 644 g/mol. The zero-order valence-electron chi connectivity index (χ0n) is 29.1. The number of pyridine rings is 1. The average Bonchev–Trinajstić information content (AvgIpc) is 3.41. The maximum atomic E-state index is 16.8. The molecule has 0 radical (unpaired) electrons. The Morgan fingerprint density at radius 1 is 1.02 bits per heavy atom. The first-order valence-corrected chi connectivity index (χ1v) is 17.9. The van der Waals surface area contributed by atoms with E-state index in [4.69, 9.17) is 19.2 Å². The van der Waals surface area contributed by atoms with E-state index in [0.717, 1.165) is 44.6 Å². The highest BCUT2D eigenvalue weighted by Crippen LogP contribution is 2.48. The number of aromatic nitrogens is 3. The smallest absolute Gasteiger partial charge is 0.319 e. The molecule has 0 amide bonds. The summed E-state index contributed by atoms with van der Waals surface area (Å²) in [5, 5.41) is 21.7. The van der Waals surface area contributed by atoms with Gasteiger partial charge >= 0.3 is 6.01 Å². The van der Waals surface area contributed by atoms with Crippen molar-refractivity contribution in [2.24, 2.45) is 11.3 Å². The number of fused-ring (bicyclic) bond motifs is 3. The number of anilines is 1. The van der Waals surface area contributed by atoms with Gasteiger partial charge in [-0.05, 0) is 68.8 Å². The van der Waals surface area contributed by atoms with Crippen molar-refractivity contribution in [2.45, 2.75) is 70.4 Å². The van der Waals surface area contributed by atoms with Gasteiger partial charge < -0.3 is 34.2 Å². The van der Waals surface area contributed by atoms with Crippen LogP contribution in [0.15, 0.2) is 30.3 Å². The molecule has 12 heteroatoms. The third-order valence-corrected chi connectivity index (χ3v) is 11.1. The summed E-state index contributed by atoms with van der Waals surface area (Å²) >= 11 is 0. The van der Waals surface area contributed by atoms with Crippen LogP contribution in [0.25, 0.3) is 32.9 Å². The highest BCUT2D eigenvalue weighted by molar-refractivity contribution is 6.02. The fourth-order valence-electron chi connectivity index (χ4n) is 8.26. The van der Waals surface area contributed by atoms with Crippen LogP contribution in [0.5, 0.6) is 17.6 Å². The van der Waals surface area contributed by atoms with Crippen molar-refractivity contribution in [1.82, 2.24) is 19.9 Å². The maximum Gasteiger partial charge on any atom is 0.319 e. The first-order valence-electron chi connectivity index (χ1n) is 17.9. The fourth-order valence-corrected chi connectivity index (χ4v) is 8.26. The Labute approximate surface area is 291 Å². The number of nitrogens with zero attached hydrogens (tertiary/aromatic N) is 5. The van der Waals surface area contributed by atoms with Gasteiger partial charge in [-0.2, -0.15) is 9.97 Å². The molecular formula is C38H47F2N5O5. The highest BCUT2D eigenvalue weighted by atomic mass is 19.1. The summed E-state index contributed by atoms with van der Waals surface area (Å²) in [6.07, 6.45) is 9.01. The number of ether oxygens (including phenoxy) is 3. The lowest BCUT2D eigenvalue weighted by atomic mass is 9.76. The second kappa shape index (κ2) is 14.4. The molecule has 3 atom stereocenters. The molecule has 2 aromatic carbocycles. The van der Waals surface area contributed by atoms with Crippen molar-refractivity contribution in [3.05, 3.63) is 42.0 Å². The molecule has 2 aliphatic carbocycles. The molecule has 10 nitrogen and oxygen atoms in total. The van der Waals surface area contributed by atoms with E-state index in [-0.39, 0.29) is 63.8 Å². The lowest BCUT2D eigenvalue weighted by Gasteiger charge is -2.44. The van der Waals surface area contributed by atoms with Gasteiger partial charge in [0.1, 0.15) is 34.0 Å². The second-order valence-corrected chi connectivity index (χ2v) is 14.5. The predicted molar refractivity (Wildman–Crippen MR) is 188 cm³/mol. The summed E-state index contributed by atoms with van der Waals surface area (Å²) in [7, 11) is 3.56. The summed E-state index contributed by atoms with van der Waals surface area (Å²) in [5.41, 5.74) is -0.343. The summed E-state index contributed by atoms with van der Waals surface area (Å²) in [4.78, 5) is 18.1. The van der Waals surface area contributed by atoms with Gasteiger partial charge in [0.15, 0.2) is 5.82 Å². The summed E-state index contributed by atoms with van der Waals surface area (Å²) in [6, 6.07) is 7.51. The molecule has 2 N–H and O–H groups in total. The Bertz CT molecular complexity index is 1860. The number of likely N-dealkylation sites (tertiary alicyclic amines) is 1. The van der Waals surface area contributed by atoms with Gasteiger partial charge in [-0.1, -0.05) is 44.7 Å². The van der Waals surface area contributed by atoms with E-state index in [0.29, 0.717) is 37.0 Å². The zero-order chi connectivity index (χ0) is 35.0. The predicted octanol–water partition coefficient (Wildman–Crippen LogP) is 6.48. The number of rotatable bonds is 6. The molecule has 2 aromatic heterocycles. The first-order chi connectivity index (χ1) is 24.2. The Balaban J connectivity index is 0.000000722. The summed E-state index contributed by atoms with van der Waals surface area (Å²) < 4.78 is 49.7. The van der Waals surface area contributed by atoms with Crippen LogP contribution in [0, 0.1) is 23.0 Å². The van der Waals surface area contributed by atoms with Crippen molar-refractivity contribution in [3.8, 4) is 28.9 Å².